The third-order valence-corrected chi connectivity index (χ3v) is 5.56. The van der Waals surface area contributed by atoms with E-state index in [1.54, 1.807) is 0 Å². The fraction of sp³-hybridized carbons (Fsp3) is 0.273. The van der Waals surface area contributed by atoms with Crippen LogP contribution in [-0.4, -0.2) is 102 Å². The van der Waals surface area contributed by atoms with E-state index in [0.717, 1.165) is 16.6 Å². The summed E-state index contributed by atoms with van der Waals surface area (Å²) >= 11 is 3.51. The van der Waals surface area contributed by atoms with Crippen LogP contribution in [0.15, 0.2) is 21.9 Å². The Labute approximate surface area is 188 Å². The third-order valence-electron chi connectivity index (χ3n) is 2.42. The molecule has 0 aliphatic carbocycles. The summed E-state index contributed by atoms with van der Waals surface area (Å²) in [5.74, 6) is -4.04. The molecule has 0 radical (unpaired) electrons. The summed E-state index contributed by atoms with van der Waals surface area (Å²) in [6.07, 6.45) is -0.653. The van der Waals surface area contributed by atoms with Gasteiger partial charge in [0, 0.05) is 0 Å². The van der Waals surface area contributed by atoms with Gasteiger partial charge in [0.05, 0.1) is 11.3 Å². The normalized spacial score (nSPS) is 12.6. The van der Waals surface area contributed by atoms with Crippen molar-refractivity contribution in [3.8, 4) is 9.88 Å². The number of thioether (sulfide) groups is 1. The van der Waals surface area contributed by atoms with Gasteiger partial charge < -0.3 is 15.3 Å². The van der Waals surface area contributed by atoms with E-state index in [0.29, 0.717) is 9.35 Å². The first-order valence-corrected chi connectivity index (χ1v) is 8.21. The molecule has 7 nitrogen and oxygen atoms in total. The molecule has 0 saturated carbocycles. The summed E-state index contributed by atoms with van der Waals surface area (Å²) in [5.41, 5.74) is -1.40. The Morgan fingerprint density at radius 1 is 1.26 bits per heavy atom. The summed E-state index contributed by atoms with van der Waals surface area (Å²) < 4.78 is 0.391. The van der Waals surface area contributed by atoms with E-state index in [-0.39, 0.29) is 59.1 Å². The number of aromatic nitrogens is 2. The van der Waals surface area contributed by atoms with Crippen LogP contribution in [0, 0.1) is 5.92 Å². The molecule has 0 saturated heterocycles. The number of carbonyl (C=O) groups is 2. The molecule has 2 rings (SSSR count). The zero-order valence-electron chi connectivity index (χ0n) is 10.4. The van der Waals surface area contributed by atoms with E-state index in [1.807, 2.05) is 17.5 Å². The number of carboxylic acids is 2. The Morgan fingerprint density at radius 3 is 2.48 bits per heavy atom. The quantitative estimate of drug-likeness (QED) is 0.354. The number of thiophene rings is 1. The van der Waals surface area contributed by atoms with Crippen molar-refractivity contribution in [2.24, 2.45) is 5.92 Å². The van der Waals surface area contributed by atoms with Gasteiger partial charge in [-0.05, 0) is 11.4 Å². The van der Waals surface area contributed by atoms with Crippen molar-refractivity contribution in [3.63, 3.8) is 0 Å². The molecule has 0 aliphatic rings. The van der Waals surface area contributed by atoms with Gasteiger partial charge in [0.2, 0.25) is 0 Å². The van der Waals surface area contributed by atoms with Crippen LogP contribution < -0.4 is 0 Å². The molecule has 0 bridgehead atoms. The number of hydrogen-bond donors (Lipinski definition) is 3. The molecule has 2 atom stereocenters. The van der Waals surface area contributed by atoms with Crippen molar-refractivity contribution < 1.29 is 24.9 Å². The monoisotopic (exact) mass is 394 g/mol. The van der Waals surface area contributed by atoms with Crippen molar-refractivity contribution in [1.82, 2.24) is 10.2 Å². The van der Waals surface area contributed by atoms with Gasteiger partial charge in [0.25, 0.3) is 0 Å². The molecular formula is C11H12N2Na2O5S3. The Bertz CT molecular complexity index is 637. The number of nitrogens with zero attached hydrogens (tertiary/aromatic N) is 2. The Hall–Kier alpha value is 0.510. The average Bonchev–Trinajstić information content (AvgIpc) is 3.05. The topological polar surface area (TPSA) is 121 Å². The van der Waals surface area contributed by atoms with Crippen LogP contribution >= 0.6 is 34.4 Å². The SMILES string of the molecule is O=C(O)CC(C(=O)O)C(O)Sc1nnc(-c2cccs2)s1.[NaH].[NaH]. The predicted octanol–water partition coefficient (Wildman–Crippen LogP) is 0.556. The fourth-order valence-electron chi connectivity index (χ4n) is 1.44. The predicted molar refractivity (Wildman–Crippen MR) is 92.8 cm³/mol. The molecule has 116 valence electrons. The van der Waals surface area contributed by atoms with Gasteiger partial charge in [-0.3, -0.25) is 9.59 Å². The average molecular weight is 394 g/mol. The molecule has 12 heteroatoms. The van der Waals surface area contributed by atoms with Crippen molar-refractivity contribution in [3.05, 3.63) is 17.5 Å². The minimum atomic E-state index is -1.40. The molecule has 2 aromatic heterocycles. The summed E-state index contributed by atoms with van der Waals surface area (Å²) in [6.45, 7) is 0. The maximum absolute atomic E-state index is 11.0. The van der Waals surface area contributed by atoms with Crippen LogP contribution in [-0.2, 0) is 9.59 Å². The fourth-order valence-corrected chi connectivity index (χ4v) is 4.21. The molecule has 0 amide bonds. The zero-order chi connectivity index (χ0) is 15.4. The van der Waals surface area contributed by atoms with E-state index >= 15 is 0 Å². The molecule has 2 unspecified atom stereocenters. The Balaban J connectivity index is 0.00000242. The molecule has 2 heterocycles. The van der Waals surface area contributed by atoms with Crippen molar-refractivity contribution >= 4 is 105 Å². The van der Waals surface area contributed by atoms with Gasteiger partial charge in [0.1, 0.15) is 11.4 Å². The first-order chi connectivity index (χ1) is 9.97. The van der Waals surface area contributed by atoms with E-state index in [1.165, 1.54) is 22.7 Å². The van der Waals surface area contributed by atoms with Crippen LogP contribution in [0.1, 0.15) is 6.42 Å². The molecule has 0 aromatic carbocycles. The number of aliphatic hydroxyl groups is 1. The van der Waals surface area contributed by atoms with Gasteiger partial charge in [-0.15, -0.1) is 21.5 Å². The maximum atomic E-state index is 11.0. The number of aliphatic hydroxyl groups excluding tert-OH is 1. The number of aliphatic carboxylic acids is 2. The van der Waals surface area contributed by atoms with E-state index in [4.69, 9.17) is 10.2 Å². The Morgan fingerprint density at radius 2 is 1.96 bits per heavy atom. The second-order valence-electron chi connectivity index (χ2n) is 3.90. The summed E-state index contributed by atoms with van der Waals surface area (Å²) in [7, 11) is 0. The first kappa shape index (κ1) is 23.5. The molecule has 2 aromatic rings. The van der Waals surface area contributed by atoms with Crippen LogP contribution in [0.5, 0.6) is 0 Å². The Kier molecular flexibility index (Phi) is 11.4. The molecule has 0 aliphatic heterocycles. The summed E-state index contributed by atoms with van der Waals surface area (Å²) in [6, 6.07) is 3.75. The van der Waals surface area contributed by atoms with E-state index in [9.17, 15) is 14.7 Å². The first-order valence-electron chi connectivity index (χ1n) is 5.64. The number of hydrogen-bond acceptors (Lipinski definition) is 8. The van der Waals surface area contributed by atoms with E-state index in [2.05, 4.69) is 10.2 Å². The van der Waals surface area contributed by atoms with Gasteiger partial charge in [-0.25, -0.2) is 0 Å². The second kappa shape index (κ2) is 11.2. The van der Waals surface area contributed by atoms with Gasteiger partial charge in [-0.1, -0.05) is 29.2 Å². The van der Waals surface area contributed by atoms with E-state index < -0.39 is 29.7 Å². The van der Waals surface area contributed by atoms with Crippen LogP contribution in [0.25, 0.3) is 9.88 Å². The molecule has 0 spiro atoms. The summed E-state index contributed by atoms with van der Waals surface area (Å²) in [5, 5.41) is 37.9. The standard InChI is InChI=1S/C11H10N2O5S3.2Na.2H/c14-7(15)4-5(9(16)17)10(18)21-11-13-12-8(20-11)6-2-1-3-19-6;;;;/h1-3,5,10,18H,4H2,(H,14,15)(H,16,17);;;;. The summed E-state index contributed by atoms with van der Waals surface area (Å²) in [4.78, 5) is 22.5. The molecule has 3 N–H and O–H groups in total. The van der Waals surface area contributed by atoms with Crippen LogP contribution in [0.3, 0.4) is 0 Å². The third kappa shape index (κ3) is 7.10. The number of carboxylic acid groups (broad SMARTS) is 2. The molecule has 23 heavy (non-hydrogen) atoms. The van der Waals surface area contributed by atoms with Gasteiger partial charge >= 0.3 is 71.1 Å². The van der Waals surface area contributed by atoms with Crippen molar-refractivity contribution in [1.29, 1.82) is 0 Å². The minimum absolute atomic E-state index is 0. The van der Waals surface area contributed by atoms with Crippen molar-refractivity contribution in [2.45, 2.75) is 16.2 Å². The second-order valence-corrected chi connectivity index (χ2v) is 7.19. The van der Waals surface area contributed by atoms with Gasteiger partial charge in [0.15, 0.2) is 9.35 Å². The van der Waals surface area contributed by atoms with Crippen LogP contribution in [0.4, 0.5) is 0 Å². The van der Waals surface area contributed by atoms with Crippen LogP contribution in [0.2, 0.25) is 0 Å². The number of rotatable bonds is 7. The molecular weight excluding hydrogens is 382 g/mol. The molecule has 0 fully saturated rings. The van der Waals surface area contributed by atoms with Crippen molar-refractivity contribution in [2.75, 3.05) is 0 Å². The zero-order valence-corrected chi connectivity index (χ0v) is 12.8. The van der Waals surface area contributed by atoms with Gasteiger partial charge in [-0.2, -0.15) is 0 Å².